The molecule has 1 heterocycles. The van der Waals surface area contributed by atoms with Crippen LogP contribution in [0.25, 0.3) is 11.3 Å². The van der Waals surface area contributed by atoms with Crippen LogP contribution in [0, 0.1) is 0 Å². The third kappa shape index (κ3) is 5.24. The Bertz CT molecular complexity index is 1010. The molecule has 3 nitrogen and oxygen atoms in total. The zero-order valence-corrected chi connectivity index (χ0v) is 17.3. The van der Waals surface area contributed by atoms with E-state index in [-0.39, 0.29) is 5.97 Å². The van der Waals surface area contributed by atoms with E-state index in [0.29, 0.717) is 18.9 Å². The summed E-state index contributed by atoms with van der Waals surface area (Å²) in [6.07, 6.45) is 3.58. The molecule has 0 saturated heterocycles. The number of esters is 1. The number of hydrogen-bond acceptors (Lipinski definition) is 3. The molecule has 1 aliphatic rings. The molecule has 1 fully saturated rings. The fraction of sp³-hybridized carbons (Fsp3) is 0.280. The van der Waals surface area contributed by atoms with Crippen molar-refractivity contribution in [2.24, 2.45) is 0 Å². The van der Waals surface area contributed by atoms with E-state index in [1.807, 2.05) is 37.3 Å². The van der Waals surface area contributed by atoms with Gasteiger partial charge in [0.25, 0.3) is 0 Å². The normalized spacial score (nSPS) is 13.3. The van der Waals surface area contributed by atoms with Crippen LogP contribution in [-0.2, 0) is 22.4 Å². The van der Waals surface area contributed by atoms with Crippen molar-refractivity contribution in [3.05, 3.63) is 88.1 Å². The predicted molar refractivity (Wildman–Crippen MR) is 116 cm³/mol. The standard InChI is InChI=1S/C25H24ClNO2/c1-2-29-25(28)15-18-8-6-17(7-9-18)12-19-13-23(20-10-11-20)27-24(14-19)21-4-3-5-22(26)16-21/h3-9,13-14,16,20H,2,10-12,15H2,1H3. The van der Waals surface area contributed by atoms with E-state index in [4.69, 9.17) is 21.3 Å². The smallest absolute Gasteiger partial charge is 0.310 e. The second kappa shape index (κ2) is 8.79. The van der Waals surface area contributed by atoms with Crippen molar-refractivity contribution in [1.82, 2.24) is 4.98 Å². The van der Waals surface area contributed by atoms with Gasteiger partial charge >= 0.3 is 5.97 Å². The summed E-state index contributed by atoms with van der Waals surface area (Å²) >= 11 is 6.19. The molecule has 1 saturated carbocycles. The Morgan fingerprint density at radius 3 is 2.48 bits per heavy atom. The van der Waals surface area contributed by atoms with Crippen LogP contribution in [-0.4, -0.2) is 17.6 Å². The first-order chi connectivity index (χ1) is 14.1. The molecule has 4 heteroatoms. The van der Waals surface area contributed by atoms with Gasteiger partial charge in [0.2, 0.25) is 0 Å². The number of aromatic nitrogens is 1. The number of pyridine rings is 1. The number of carbonyl (C=O) groups excluding carboxylic acids is 1. The molecule has 3 aromatic rings. The highest BCUT2D eigenvalue weighted by Crippen LogP contribution is 2.40. The highest BCUT2D eigenvalue weighted by atomic mass is 35.5. The van der Waals surface area contributed by atoms with Crippen molar-refractivity contribution < 1.29 is 9.53 Å². The molecule has 0 aliphatic heterocycles. The molecule has 148 valence electrons. The fourth-order valence-corrected chi connectivity index (χ4v) is 3.68. The number of carbonyl (C=O) groups is 1. The Hall–Kier alpha value is -2.65. The molecule has 4 rings (SSSR count). The zero-order valence-electron chi connectivity index (χ0n) is 16.5. The predicted octanol–water partition coefficient (Wildman–Crippen LogP) is 5.98. The number of nitrogens with zero attached hydrogens (tertiary/aromatic N) is 1. The average Bonchev–Trinajstić information content (AvgIpc) is 3.55. The van der Waals surface area contributed by atoms with Crippen molar-refractivity contribution in [1.29, 1.82) is 0 Å². The third-order valence-corrected chi connectivity index (χ3v) is 5.34. The maximum atomic E-state index is 11.7. The minimum Gasteiger partial charge on any atom is -0.466 e. The summed E-state index contributed by atoms with van der Waals surface area (Å²) < 4.78 is 5.02. The van der Waals surface area contributed by atoms with Gasteiger partial charge < -0.3 is 4.74 Å². The van der Waals surface area contributed by atoms with Gasteiger partial charge in [-0.3, -0.25) is 9.78 Å². The summed E-state index contributed by atoms with van der Waals surface area (Å²) in [5.74, 6) is 0.398. The monoisotopic (exact) mass is 405 g/mol. The van der Waals surface area contributed by atoms with Gasteiger partial charge in [-0.25, -0.2) is 0 Å². The molecule has 0 N–H and O–H groups in total. The Kier molecular flexibility index (Phi) is 5.96. The number of rotatable bonds is 7. The Morgan fingerprint density at radius 2 is 1.79 bits per heavy atom. The summed E-state index contributed by atoms with van der Waals surface area (Å²) in [4.78, 5) is 16.6. The van der Waals surface area contributed by atoms with Crippen LogP contribution in [0.2, 0.25) is 5.02 Å². The first kappa shape index (κ1) is 19.7. The van der Waals surface area contributed by atoms with Crippen LogP contribution in [0.3, 0.4) is 0 Å². The topological polar surface area (TPSA) is 39.2 Å². The average molecular weight is 406 g/mol. The summed E-state index contributed by atoms with van der Waals surface area (Å²) in [6.45, 7) is 2.24. The second-order valence-corrected chi connectivity index (χ2v) is 7.98. The highest BCUT2D eigenvalue weighted by molar-refractivity contribution is 6.30. The molecular weight excluding hydrogens is 382 g/mol. The second-order valence-electron chi connectivity index (χ2n) is 7.55. The molecular formula is C25H24ClNO2. The van der Waals surface area contributed by atoms with Gasteiger partial charge in [0.1, 0.15) is 0 Å². The SMILES string of the molecule is CCOC(=O)Cc1ccc(Cc2cc(-c3cccc(Cl)c3)nc(C3CC3)c2)cc1. The van der Waals surface area contributed by atoms with E-state index in [1.54, 1.807) is 0 Å². The van der Waals surface area contributed by atoms with Crippen LogP contribution in [0.4, 0.5) is 0 Å². The lowest BCUT2D eigenvalue weighted by molar-refractivity contribution is -0.142. The zero-order chi connectivity index (χ0) is 20.2. The number of halogens is 1. The van der Waals surface area contributed by atoms with Crippen molar-refractivity contribution in [3.8, 4) is 11.3 Å². The van der Waals surface area contributed by atoms with Gasteiger partial charge in [-0.2, -0.15) is 0 Å². The molecule has 1 aliphatic carbocycles. The Labute approximate surface area is 176 Å². The van der Waals surface area contributed by atoms with Gasteiger partial charge in [0.15, 0.2) is 0 Å². The molecule has 0 spiro atoms. The number of benzene rings is 2. The van der Waals surface area contributed by atoms with Gasteiger partial charge in [-0.05, 0) is 67.1 Å². The first-order valence-electron chi connectivity index (χ1n) is 10.1. The molecule has 0 unspecified atom stereocenters. The molecule has 1 aromatic heterocycles. The molecule has 0 atom stereocenters. The van der Waals surface area contributed by atoms with Gasteiger partial charge in [0, 0.05) is 22.2 Å². The van der Waals surface area contributed by atoms with Gasteiger partial charge in [-0.15, -0.1) is 0 Å². The minimum absolute atomic E-state index is 0.186. The van der Waals surface area contributed by atoms with Crippen molar-refractivity contribution in [2.45, 2.75) is 38.5 Å². The van der Waals surface area contributed by atoms with E-state index in [2.05, 4.69) is 30.3 Å². The maximum Gasteiger partial charge on any atom is 0.310 e. The fourth-order valence-electron chi connectivity index (χ4n) is 3.49. The van der Waals surface area contributed by atoms with Crippen LogP contribution >= 0.6 is 11.6 Å². The van der Waals surface area contributed by atoms with Crippen molar-refractivity contribution in [3.63, 3.8) is 0 Å². The van der Waals surface area contributed by atoms with Crippen molar-refractivity contribution >= 4 is 17.6 Å². The van der Waals surface area contributed by atoms with E-state index < -0.39 is 0 Å². The quantitative estimate of drug-likeness (QED) is 0.454. The first-order valence-corrected chi connectivity index (χ1v) is 10.5. The molecule has 2 aromatic carbocycles. The van der Waals surface area contributed by atoms with Crippen LogP contribution < -0.4 is 0 Å². The van der Waals surface area contributed by atoms with Crippen LogP contribution in [0.5, 0.6) is 0 Å². The number of ether oxygens (including phenoxy) is 1. The summed E-state index contributed by atoms with van der Waals surface area (Å²) in [5, 5.41) is 0.722. The summed E-state index contributed by atoms with van der Waals surface area (Å²) in [6, 6.07) is 20.4. The highest BCUT2D eigenvalue weighted by Gasteiger charge is 2.26. The summed E-state index contributed by atoms with van der Waals surface area (Å²) in [7, 11) is 0. The molecule has 0 radical (unpaired) electrons. The molecule has 29 heavy (non-hydrogen) atoms. The Morgan fingerprint density at radius 1 is 1.03 bits per heavy atom. The molecule has 0 bridgehead atoms. The van der Waals surface area contributed by atoms with Gasteiger partial charge in [0.05, 0.1) is 18.7 Å². The van der Waals surface area contributed by atoms with E-state index >= 15 is 0 Å². The van der Waals surface area contributed by atoms with E-state index in [1.165, 1.54) is 29.7 Å². The van der Waals surface area contributed by atoms with Crippen LogP contribution in [0.1, 0.15) is 48.1 Å². The van der Waals surface area contributed by atoms with E-state index in [0.717, 1.165) is 28.3 Å². The summed E-state index contributed by atoms with van der Waals surface area (Å²) in [5.41, 5.74) is 6.63. The van der Waals surface area contributed by atoms with Crippen LogP contribution in [0.15, 0.2) is 60.7 Å². The lowest BCUT2D eigenvalue weighted by Gasteiger charge is -2.10. The number of hydrogen-bond donors (Lipinski definition) is 0. The van der Waals surface area contributed by atoms with Crippen molar-refractivity contribution in [2.75, 3.05) is 6.61 Å². The largest absolute Gasteiger partial charge is 0.466 e. The van der Waals surface area contributed by atoms with E-state index in [9.17, 15) is 4.79 Å². The Balaban J connectivity index is 1.56. The maximum absolute atomic E-state index is 11.7. The third-order valence-electron chi connectivity index (χ3n) is 5.11. The minimum atomic E-state index is -0.186. The van der Waals surface area contributed by atoms with Gasteiger partial charge in [-0.1, -0.05) is 48.0 Å². The lowest BCUT2D eigenvalue weighted by Crippen LogP contribution is -2.07. The molecule has 0 amide bonds. The lowest BCUT2D eigenvalue weighted by atomic mass is 10.00.